The molecule has 1 aromatic carbocycles. The molecule has 0 aliphatic heterocycles. The van der Waals surface area contributed by atoms with Crippen LogP contribution in [0.1, 0.15) is 0 Å². The number of phenols is 1. The number of aromatic nitrogens is 1. The highest BCUT2D eigenvalue weighted by Gasteiger charge is 2.09. The van der Waals surface area contributed by atoms with Crippen LogP contribution in [0.2, 0.25) is 0 Å². The van der Waals surface area contributed by atoms with E-state index < -0.39 is 10.4 Å². The van der Waals surface area contributed by atoms with Crippen molar-refractivity contribution >= 4 is 21.3 Å². The number of phenolic OH excluding ortho intramolecular Hbond substituents is 1. The molecule has 0 amide bonds. The second kappa shape index (κ2) is 3.62. The molecule has 0 saturated heterocycles. The van der Waals surface area contributed by atoms with E-state index in [1.807, 2.05) is 0 Å². The molecule has 2 aromatic rings. The Kier molecular flexibility index (Phi) is 2.41. The van der Waals surface area contributed by atoms with Crippen LogP contribution < -0.4 is 4.18 Å². The lowest BCUT2D eigenvalue weighted by Gasteiger charge is -2.03. The number of fused-ring (bicyclic) bond motifs is 1. The van der Waals surface area contributed by atoms with Crippen LogP contribution in [0.4, 0.5) is 0 Å². The quantitative estimate of drug-likeness (QED) is 0.765. The van der Waals surface area contributed by atoms with E-state index in [9.17, 15) is 13.5 Å². The Labute approximate surface area is 91.1 Å². The van der Waals surface area contributed by atoms with Crippen LogP contribution in [-0.4, -0.2) is 23.1 Å². The summed E-state index contributed by atoms with van der Waals surface area (Å²) in [4.78, 5) is 3.75. The Bertz CT molecular complexity index is 637. The average Bonchev–Trinajstić information content (AvgIpc) is 2.17. The van der Waals surface area contributed by atoms with Gasteiger partial charge in [0.25, 0.3) is 0 Å². The molecule has 0 unspecified atom stereocenters. The predicted molar refractivity (Wildman–Crippen MR) is 55.6 cm³/mol. The highest BCUT2D eigenvalue weighted by molar-refractivity contribution is 7.81. The fourth-order valence-corrected chi connectivity index (χ4v) is 1.58. The van der Waals surface area contributed by atoms with Crippen LogP contribution in [0.5, 0.6) is 11.6 Å². The van der Waals surface area contributed by atoms with Crippen molar-refractivity contribution in [1.29, 1.82) is 0 Å². The summed E-state index contributed by atoms with van der Waals surface area (Å²) in [5, 5.41) is 10.1. The number of hydrogen-bond acceptors (Lipinski definition) is 5. The van der Waals surface area contributed by atoms with E-state index in [0.717, 1.165) is 0 Å². The lowest BCUT2D eigenvalue weighted by Crippen LogP contribution is -2.07. The third kappa shape index (κ3) is 2.20. The zero-order valence-corrected chi connectivity index (χ0v) is 8.68. The molecule has 6 nitrogen and oxygen atoms in total. The summed E-state index contributed by atoms with van der Waals surface area (Å²) in [6.45, 7) is 0. The van der Waals surface area contributed by atoms with Gasteiger partial charge in [-0.05, 0) is 12.1 Å². The van der Waals surface area contributed by atoms with Gasteiger partial charge in [0.2, 0.25) is 5.88 Å². The van der Waals surface area contributed by atoms with Crippen molar-refractivity contribution in [3.05, 3.63) is 30.3 Å². The number of rotatable bonds is 2. The monoisotopic (exact) mass is 241 g/mol. The molecule has 0 aliphatic carbocycles. The largest absolute Gasteiger partial charge is 0.506 e. The maximum atomic E-state index is 10.5. The predicted octanol–water partition coefficient (Wildman–Crippen LogP) is 1.12. The van der Waals surface area contributed by atoms with E-state index in [0.29, 0.717) is 5.39 Å². The Balaban J connectivity index is 2.55. The minimum Gasteiger partial charge on any atom is -0.506 e. The summed E-state index contributed by atoms with van der Waals surface area (Å²) in [5.74, 6) is -0.408. The molecule has 84 valence electrons. The van der Waals surface area contributed by atoms with Crippen LogP contribution >= 0.6 is 0 Å². The molecule has 16 heavy (non-hydrogen) atoms. The molecule has 0 radical (unpaired) electrons. The Morgan fingerprint density at radius 1 is 1.19 bits per heavy atom. The summed E-state index contributed by atoms with van der Waals surface area (Å²) in [6, 6.07) is 7.52. The van der Waals surface area contributed by atoms with Gasteiger partial charge in [-0.15, -0.1) is 0 Å². The van der Waals surface area contributed by atoms with Gasteiger partial charge < -0.3 is 9.29 Å². The average molecular weight is 241 g/mol. The van der Waals surface area contributed by atoms with Gasteiger partial charge in [0.05, 0.1) is 0 Å². The summed E-state index contributed by atoms with van der Waals surface area (Å²) >= 11 is 0. The Morgan fingerprint density at radius 3 is 2.62 bits per heavy atom. The standard InChI is InChI=1S/C9H7NO5S/c11-7-3-1-2-6-4-5-8(10-9(6)7)15-16(12,13)14/h1-5,11H,(H,12,13,14). The maximum Gasteiger partial charge on any atom is 0.447 e. The zero-order chi connectivity index (χ0) is 11.8. The Hall–Kier alpha value is -1.86. The van der Waals surface area contributed by atoms with Gasteiger partial charge in [-0.2, -0.15) is 8.42 Å². The zero-order valence-electron chi connectivity index (χ0n) is 7.86. The third-order valence-electron chi connectivity index (χ3n) is 1.86. The van der Waals surface area contributed by atoms with Gasteiger partial charge in [0, 0.05) is 11.5 Å². The van der Waals surface area contributed by atoms with Crippen molar-refractivity contribution < 1.29 is 22.3 Å². The number of pyridine rings is 1. The number of aromatic hydroxyl groups is 1. The minimum atomic E-state index is -4.60. The van der Waals surface area contributed by atoms with Crippen molar-refractivity contribution in [3.8, 4) is 11.6 Å². The molecular formula is C9H7NO5S. The molecule has 0 bridgehead atoms. The minimum absolute atomic E-state index is 0.0988. The smallest absolute Gasteiger partial charge is 0.447 e. The van der Waals surface area contributed by atoms with Gasteiger partial charge in [-0.3, -0.25) is 4.55 Å². The van der Waals surface area contributed by atoms with Crippen molar-refractivity contribution in [2.45, 2.75) is 0 Å². The molecule has 0 saturated carbocycles. The van der Waals surface area contributed by atoms with Crippen LogP contribution in [-0.2, 0) is 10.4 Å². The van der Waals surface area contributed by atoms with Crippen LogP contribution in [0.25, 0.3) is 10.9 Å². The first-order valence-electron chi connectivity index (χ1n) is 4.21. The van der Waals surface area contributed by atoms with E-state index in [2.05, 4.69) is 9.17 Å². The Morgan fingerprint density at radius 2 is 1.94 bits per heavy atom. The summed E-state index contributed by atoms with van der Waals surface area (Å²) in [7, 11) is -4.60. The van der Waals surface area contributed by atoms with E-state index in [1.54, 1.807) is 12.1 Å². The molecule has 0 fully saturated rings. The first-order valence-corrected chi connectivity index (χ1v) is 5.58. The van der Waals surface area contributed by atoms with Crippen LogP contribution in [0, 0.1) is 0 Å². The second-order valence-electron chi connectivity index (χ2n) is 3.01. The molecule has 2 N–H and O–H groups in total. The van der Waals surface area contributed by atoms with Crippen LogP contribution in [0.15, 0.2) is 30.3 Å². The highest BCUT2D eigenvalue weighted by Crippen LogP contribution is 2.24. The van der Waals surface area contributed by atoms with Gasteiger partial charge in [-0.25, -0.2) is 4.98 Å². The lowest BCUT2D eigenvalue weighted by atomic mass is 10.2. The molecule has 0 atom stereocenters. The van der Waals surface area contributed by atoms with Gasteiger partial charge in [0.15, 0.2) is 0 Å². The topological polar surface area (TPSA) is 96.7 Å². The van der Waals surface area contributed by atoms with Crippen molar-refractivity contribution in [3.63, 3.8) is 0 Å². The summed E-state index contributed by atoms with van der Waals surface area (Å²) < 4.78 is 33.5. The van der Waals surface area contributed by atoms with Gasteiger partial charge in [0.1, 0.15) is 11.3 Å². The molecule has 0 spiro atoms. The maximum absolute atomic E-state index is 10.5. The summed E-state index contributed by atoms with van der Waals surface area (Å²) in [6.07, 6.45) is 0. The molecule has 0 aliphatic rings. The molecule has 2 rings (SSSR count). The van der Waals surface area contributed by atoms with E-state index in [1.165, 1.54) is 18.2 Å². The van der Waals surface area contributed by atoms with Crippen molar-refractivity contribution in [1.82, 2.24) is 4.98 Å². The highest BCUT2D eigenvalue weighted by atomic mass is 32.3. The van der Waals surface area contributed by atoms with Gasteiger partial charge >= 0.3 is 10.4 Å². The first-order chi connectivity index (χ1) is 7.46. The second-order valence-corrected chi connectivity index (χ2v) is 4.03. The number of benzene rings is 1. The molecular weight excluding hydrogens is 234 g/mol. The number of nitrogens with zero attached hydrogens (tertiary/aromatic N) is 1. The fourth-order valence-electron chi connectivity index (χ4n) is 1.27. The van der Waals surface area contributed by atoms with E-state index in [4.69, 9.17) is 4.55 Å². The van der Waals surface area contributed by atoms with E-state index >= 15 is 0 Å². The van der Waals surface area contributed by atoms with Crippen molar-refractivity contribution in [2.24, 2.45) is 0 Å². The molecule has 7 heteroatoms. The fraction of sp³-hybridized carbons (Fsp3) is 0. The van der Waals surface area contributed by atoms with Crippen LogP contribution in [0.3, 0.4) is 0 Å². The number of hydrogen-bond donors (Lipinski definition) is 2. The normalized spacial score (nSPS) is 11.6. The van der Waals surface area contributed by atoms with E-state index in [-0.39, 0.29) is 17.1 Å². The SMILES string of the molecule is O=S(=O)(O)Oc1ccc2cccc(O)c2n1. The van der Waals surface area contributed by atoms with Crippen molar-refractivity contribution in [2.75, 3.05) is 0 Å². The summed E-state index contributed by atoms with van der Waals surface area (Å²) in [5.41, 5.74) is 0.198. The van der Waals surface area contributed by atoms with Gasteiger partial charge in [-0.1, -0.05) is 12.1 Å². The molecule has 1 heterocycles. The lowest BCUT2D eigenvalue weighted by molar-refractivity contribution is 0.381. The number of para-hydroxylation sites is 1. The third-order valence-corrected chi connectivity index (χ3v) is 2.25. The first kappa shape index (κ1) is 10.7. The molecule has 1 aromatic heterocycles.